The fourth-order valence-electron chi connectivity index (χ4n) is 1.53. The summed E-state index contributed by atoms with van der Waals surface area (Å²) in [6.07, 6.45) is 0.565. The Hall–Kier alpha value is -0.190. The molecule has 2 N–H and O–H groups in total. The second-order valence-electron chi connectivity index (χ2n) is 4.02. The lowest BCUT2D eigenvalue weighted by atomic mass is 9.97. The Morgan fingerprint density at radius 2 is 1.69 bits per heavy atom. The molecule has 0 bridgehead atoms. The van der Waals surface area contributed by atoms with Gasteiger partial charge in [-0.05, 0) is 24.5 Å². The highest BCUT2D eigenvalue weighted by molar-refractivity contribution is 9.10. The van der Waals surface area contributed by atoms with Crippen LogP contribution in [0.5, 0.6) is 0 Å². The molecule has 5 heteroatoms. The van der Waals surface area contributed by atoms with Crippen LogP contribution in [0.2, 0.25) is 0 Å². The van der Waals surface area contributed by atoms with Gasteiger partial charge >= 0.3 is 0 Å². The molecule has 0 fully saturated rings. The van der Waals surface area contributed by atoms with Crippen LogP contribution in [0.3, 0.4) is 0 Å². The van der Waals surface area contributed by atoms with Gasteiger partial charge in [-0.25, -0.2) is 8.78 Å². The minimum Gasteiger partial charge on any atom is -0.324 e. The molecule has 0 saturated carbocycles. The fourth-order valence-corrected chi connectivity index (χ4v) is 1.94. The summed E-state index contributed by atoms with van der Waals surface area (Å²) in [4.78, 5) is 0. The average molecular weight is 315 g/mol. The molecule has 0 spiro atoms. The molecule has 0 amide bonds. The number of hydrogen-bond donors (Lipinski definition) is 1. The fraction of sp³-hybridized carbons (Fsp3) is 0.455. The summed E-state index contributed by atoms with van der Waals surface area (Å²) in [7, 11) is 0. The lowest BCUT2D eigenvalue weighted by Gasteiger charge is -2.16. The largest absolute Gasteiger partial charge is 0.324 e. The standard InChI is InChI=1S/C11H14BrF2N.ClH/c1-6(2)3-10(15)11-8(13)4-7(12)5-9(11)14;/h4-6,10H,3,15H2,1-2H3;1H/t10-;/m0./s1. The van der Waals surface area contributed by atoms with E-state index in [1.165, 1.54) is 12.1 Å². The highest BCUT2D eigenvalue weighted by Gasteiger charge is 2.18. The maximum Gasteiger partial charge on any atom is 0.132 e. The Bertz CT molecular complexity index is 335. The maximum absolute atomic E-state index is 13.5. The van der Waals surface area contributed by atoms with Crippen LogP contribution in [0.4, 0.5) is 8.78 Å². The van der Waals surface area contributed by atoms with Gasteiger partial charge in [0.15, 0.2) is 0 Å². The van der Waals surface area contributed by atoms with Crippen LogP contribution >= 0.6 is 28.3 Å². The van der Waals surface area contributed by atoms with Crippen LogP contribution in [-0.2, 0) is 0 Å². The summed E-state index contributed by atoms with van der Waals surface area (Å²) in [5.74, 6) is -0.868. The lowest BCUT2D eigenvalue weighted by Crippen LogP contribution is -2.16. The third-order valence-electron chi connectivity index (χ3n) is 2.14. The van der Waals surface area contributed by atoms with Gasteiger partial charge in [-0.2, -0.15) is 0 Å². The van der Waals surface area contributed by atoms with Crippen LogP contribution in [0.15, 0.2) is 16.6 Å². The van der Waals surface area contributed by atoms with Crippen molar-refractivity contribution in [2.24, 2.45) is 11.7 Å². The van der Waals surface area contributed by atoms with Crippen LogP contribution < -0.4 is 5.73 Å². The van der Waals surface area contributed by atoms with E-state index < -0.39 is 17.7 Å². The van der Waals surface area contributed by atoms with E-state index >= 15 is 0 Å². The normalized spacial score (nSPS) is 12.4. The second kappa shape index (κ2) is 6.52. The van der Waals surface area contributed by atoms with Crippen LogP contribution in [0, 0.1) is 17.6 Å². The van der Waals surface area contributed by atoms with E-state index in [0.717, 1.165) is 0 Å². The van der Waals surface area contributed by atoms with Crippen LogP contribution in [0.1, 0.15) is 31.9 Å². The summed E-state index contributed by atoms with van der Waals surface area (Å²) >= 11 is 3.03. The van der Waals surface area contributed by atoms with Gasteiger partial charge in [-0.3, -0.25) is 0 Å². The molecule has 1 aromatic carbocycles. The average Bonchev–Trinajstić information content (AvgIpc) is 1.99. The molecule has 1 nitrogen and oxygen atoms in total. The van der Waals surface area contributed by atoms with Crippen molar-refractivity contribution >= 4 is 28.3 Å². The zero-order valence-corrected chi connectivity index (χ0v) is 11.5. The molecule has 1 atom stereocenters. The van der Waals surface area contributed by atoms with Crippen molar-refractivity contribution in [3.8, 4) is 0 Å². The topological polar surface area (TPSA) is 26.0 Å². The van der Waals surface area contributed by atoms with E-state index in [2.05, 4.69) is 15.9 Å². The predicted octanol–water partition coefficient (Wildman–Crippen LogP) is 4.20. The third-order valence-corrected chi connectivity index (χ3v) is 2.60. The van der Waals surface area contributed by atoms with Crippen molar-refractivity contribution in [2.75, 3.05) is 0 Å². The molecule has 0 unspecified atom stereocenters. The van der Waals surface area contributed by atoms with Gasteiger partial charge in [-0.1, -0.05) is 29.8 Å². The predicted molar refractivity (Wildman–Crippen MR) is 67.7 cm³/mol. The van der Waals surface area contributed by atoms with Crippen molar-refractivity contribution in [3.63, 3.8) is 0 Å². The van der Waals surface area contributed by atoms with Crippen molar-refractivity contribution in [1.29, 1.82) is 0 Å². The van der Waals surface area contributed by atoms with Crippen molar-refractivity contribution in [3.05, 3.63) is 33.8 Å². The molecule has 0 heterocycles. The molecular weight excluding hydrogens is 299 g/mol. The van der Waals surface area contributed by atoms with E-state index in [0.29, 0.717) is 16.8 Å². The summed E-state index contributed by atoms with van der Waals surface area (Å²) in [5.41, 5.74) is 5.73. The Labute approximate surface area is 109 Å². The second-order valence-corrected chi connectivity index (χ2v) is 4.93. The van der Waals surface area contributed by atoms with Crippen LogP contribution in [-0.4, -0.2) is 0 Å². The molecule has 0 aliphatic rings. The number of nitrogens with two attached hydrogens (primary N) is 1. The highest BCUT2D eigenvalue weighted by atomic mass is 79.9. The molecule has 1 rings (SSSR count). The van der Waals surface area contributed by atoms with E-state index in [4.69, 9.17) is 5.73 Å². The van der Waals surface area contributed by atoms with E-state index in [9.17, 15) is 8.78 Å². The number of hydrogen-bond acceptors (Lipinski definition) is 1. The van der Waals surface area contributed by atoms with Gasteiger partial charge in [0, 0.05) is 16.1 Å². The Morgan fingerprint density at radius 3 is 2.06 bits per heavy atom. The Kier molecular flexibility index (Phi) is 6.44. The zero-order chi connectivity index (χ0) is 11.6. The maximum atomic E-state index is 13.5. The van der Waals surface area contributed by atoms with Gasteiger partial charge in [0.25, 0.3) is 0 Å². The molecule has 0 aliphatic carbocycles. The smallest absolute Gasteiger partial charge is 0.132 e. The monoisotopic (exact) mass is 313 g/mol. The minimum absolute atomic E-state index is 0. The van der Waals surface area contributed by atoms with Gasteiger partial charge < -0.3 is 5.73 Å². The summed E-state index contributed by atoms with van der Waals surface area (Å²) in [5, 5.41) is 0. The number of rotatable bonds is 3. The Morgan fingerprint density at radius 1 is 1.25 bits per heavy atom. The number of halogens is 4. The first-order chi connectivity index (χ1) is 6.91. The molecule has 92 valence electrons. The summed E-state index contributed by atoms with van der Waals surface area (Å²) < 4.78 is 27.3. The quantitative estimate of drug-likeness (QED) is 0.889. The van der Waals surface area contributed by atoms with Crippen LogP contribution in [0.25, 0.3) is 0 Å². The number of benzene rings is 1. The Balaban J connectivity index is 0.00000225. The molecular formula is C11H15BrClF2N. The van der Waals surface area contributed by atoms with Gasteiger partial charge in [0.05, 0.1) is 0 Å². The molecule has 0 radical (unpaired) electrons. The van der Waals surface area contributed by atoms with Gasteiger partial charge in [-0.15, -0.1) is 12.4 Å². The first-order valence-electron chi connectivity index (χ1n) is 4.81. The molecule has 0 aromatic heterocycles. The van der Waals surface area contributed by atoms with Crippen molar-refractivity contribution in [1.82, 2.24) is 0 Å². The van der Waals surface area contributed by atoms with Gasteiger partial charge in [0.1, 0.15) is 11.6 Å². The SMILES string of the molecule is CC(C)C[C@H](N)c1c(F)cc(Br)cc1F.Cl. The third kappa shape index (κ3) is 4.00. The van der Waals surface area contributed by atoms with Crippen molar-refractivity contribution in [2.45, 2.75) is 26.3 Å². The summed E-state index contributed by atoms with van der Waals surface area (Å²) in [6.45, 7) is 3.93. The molecule has 0 saturated heterocycles. The molecule has 0 aliphatic heterocycles. The van der Waals surface area contributed by atoms with Crippen molar-refractivity contribution < 1.29 is 8.78 Å². The van der Waals surface area contributed by atoms with Gasteiger partial charge in [0.2, 0.25) is 0 Å². The molecule has 16 heavy (non-hydrogen) atoms. The van der Waals surface area contributed by atoms with E-state index in [1.807, 2.05) is 13.8 Å². The summed E-state index contributed by atoms with van der Waals surface area (Å²) in [6, 6.07) is 1.88. The van der Waals surface area contributed by atoms with E-state index in [-0.39, 0.29) is 18.0 Å². The first kappa shape index (κ1) is 15.8. The van der Waals surface area contributed by atoms with E-state index in [1.54, 1.807) is 0 Å². The highest BCUT2D eigenvalue weighted by Crippen LogP contribution is 2.27. The first-order valence-corrected chi connectivity index (χ1v) is 5.61. The zero-order valence-electron chi connectivity index (χ0n) is 9.14. The minimum atomic E-state index is -0.588. The lowest BCUT2D eigenvalue weighted by molar-refractivity contribution is 0.463. The molecule has 1 aromatic rings.